The summed E-state index contributed by atoms with van der Waals surface area (Å²) in [6, 6.07) is 28.6. The molecule has 27 heavy (non-hydrogen) atoms. The Morgan fingerprint density at radius 1 is 0.630 bits per heavy atom. The molecule has 0 amide bonds. The average molecular weight is 348 g/mol. The number of nitrogens with zero attached hydrogens (tertiary/aromatic N) is 4. The van der Waals surface area contributed by atoms with E-state index in [2.05, 4.69) is 45.6 Å². The predicted molar refractivity (Wildman–Crippen MR) is 108 cm³/mol. The Kier molecular flexibility index (Phi) is 3.72. The third-order valence-corrected chi connectivity index (χ3v) is 4.60. The van der Waals surface area contributed by atoms with Gasteiger partial charge in [-0.2, -0.15) is 0 Å². The van der Waals surface area contributed by atoms with Crippen molar-refractivity contribution in [3.63, 3.8) is 0 Å². The maximum atomic E-state index is 4.62. The fourth-order valence-electron chi connectivity index (χ4n) is 3.18. The lowest BCUT2D eigenvalue weighted by Gasteiger charge is -2.06. The number of hydrogen-bond acceptors (Lipinski definition) is 3. The molecule has 2 aromatic heterocycles. The van der Waals surface area contributed by atoms with Gasteiger partial charge in [0.25, 0.3) is 0 Å². The van der Waals surface area contributed by atoms with Crippen molar-refractivity contribution >= 4 is 10.8 Å². The second kappa shape index (κ2) is 6.50. The first-order valence-corrected chi connectivity index (χ1v) is 8.80. The summed E-state index contributed by atoms with van der Waals surface area (Å²) in [5.74, 6) is 0. The van der Waals surface area contributed by atoms with Crippen LogP contribution in [0.4, 0.5) is 0 Å². The van der Waals surface area contributed by atoms with E-state index >= 15 is 0 Å². The van der Waals surface area contributed by atoms with Gasteiger partial charge in [0, 0.05) is 22.7 Å². The summed E-state index contributed by atoms with van der Waals surface area (Å²) in [6.45, 7) is 0. The number of fused-ring (bicyclic) bond motifs is 1. The second-order valence-corrected chi connectivity index (χ2v) is 6.38. The maximum Gasteiger partial charge on any atom is 0.113 e. The van der Waals surface area contributed by atoms with Crippen LogP contribution in [0.5, 0.6) is 0 Å². The van der Waals surface area contributed by atoms with Crippen LogP contribution in [0.25, 0.3) is 39.0 Å². The zero-order valence-corrected chi connectivity index (χ0v) is 14.5. The highest BCUT2D eigenvalue weighted by Gasteiger charge is 2.07. The molecule has 0 N–H and O–H groups in total. The van der Waals surface area contributed by atoms with Gasteiger partial charge in [0.15, 0.2) is 0 Å². The molecule has 4 nitrogen and oxygen atoms in total. The van der Waals surface area contributed by atoms with E-state index in [9.17, 15) is 0 Å². The Balaban J connectivity index is 1.53. The van der Waals surface area contributed by atoms with Gasteiger partial charge in [-0.3, -0.25) is 4.98 Å². The minimum Gasteiger partial charge on any atom is -0.256 e. The molecule has 0 aliphatic carbocycles. The predicted octanol–water partition coefficient (Wildman–Crippen LogP) is 5.15. The minimum absolute atomic E-state index is 0.852. The first kappa shape index (κ1) is 15.5. The molecule has 4 heteroatoms. The molecule has 0 bridgehead atoms. The molecular weight excluding hydrogens is 332 g/mol. The van der Waals surface area contributed by atoms with Crippen LogP contribution in [0.15, 0.2) is 97.3 Å². The van der Waals surface area contributed by atoms with Crippen molar-refractivity contribution in [2.24, 2.45) is 0 Å². The van der Waals surface area contributed by atoms with Gasteiger partial charge in [0.2, 0.25) is 0 Å². The molecule has 0 saturated heterocycles. The number of pyridine rings is 1. The Morgan fingerprint density at radius 2 is 1.41 bits per heavy atom. The van der Waals surface area contributed by atoms with Crippen LogP contribution >= 0.6 is 0 Å². The molecule has 0 fully saturated rings. The smallest absolute Gasteiger partial charge is 0.113 e. The van der Waals surface area contributed by atoms with E-state index in [4.69, 9.17) is 0 Å². The van der Waals surface area contributed by atoms with Gasteiger partial charge in [-0.1, -0.05) is 71.9 Å². The van der Waals surface area contributed by atoms with Gasteiger partial charge in [0.05, 0.1) is 17.6 Å². The van der Waals surface area contributed by atoms with Crippen LogP contribution in [-0.4, -0.2) is 20.0 Å². The SMILES string of the molecule is c1ccc(-c2cn(-c3cccc(-c4cc5ccccc5cn4)c3)nn2)cc1. The quantitative estimate of drug-likeness (QED) is 0.453. The molecule has 0 aliphatic heterocycles. The molecule has 0 radical (unpaired) electrons. The van der Waals surface area contributed by atoms with E-state index in [0.29, 0.717) is 0 Å². The van der Waals surface area contributed by atoms with Gasteiger partial charge < -0.3 is 0 Å². The maximum absolute atomic E-state index is 4.62. The molecule has 0 spiro atoms. The van der Waals surface area contributed by atoms with Crippen molar-refractivity contribution in [1.82, 2.24) is 20.0 Å². The van der Waals surface area contributed by atoms with Crippen molar-refractivity contribution in [1.29, 1.82) is 0 Å². The van der Waals surface area contributed by atoms with Gasteiger partial charge in [0.1, 0.15) is 5.69 Å². The number of hydrogen-bond donors (Lipinski definition) is 0. The molecule has 3 aromatic carbocycles. The van der Waals surface area contributed by atoms with E-state index in [1.165, 1.54) is 5.39 Å². The van der Waals surface area contributed by atoms with Crippen molar-refractivity contribution in [3.8, 4) is 28.2 Å². The summed E-state index contributed by atoms with van der Waals surface area (Å²) < 4.78 is 1.80. The molecule has 5 rings (SSSR count). The monoisotopic (exact) mass is 348 g/mol. The molecule has 2 heterocycles. The summed E-state index contributed by atoms with van der Waals surface area (Å²) in [7, 11) is 0. The molecule has 128 valence electrons. The Labute approximate surface area is 156 Å². The standard InChI is InChI=1S/C23H16N4/c1-2-7-17(8-3-1)23-16-27(26-25-23)21-12-6-11-19(13-21)22-14-18-9-4-5-10-20(18)15-24-22/h1-16H. The van der Waals surface area contributed by atoms with Gasteiger partial charge in [-0.15, -0.1) is 5.10 Å². The summed E-state index contributed by atoms with van der Waals surface area (Å²) in [5.41, 5.74) is 4.85. The molecule has 0 saturated carbocycles. The lowest BCUT2D eigenvalue weighted by molar-refractivity contribution is 0.804. The first-order chi connectivity index (χ1) is 13.4. The molecule has 5 aromatic rings. The highest BCUT2D eigenvalue weighted by atomic mass is 15.4. The largest absolute Gasteiger partial charge is 0.256 e. The van der Waals surface area contributed by atoms with Crippen LogP contribution < -0.4 is 0 Å². The van der Waals surface area contributed by atoms with E-state index in [0.717, 1.165) is 33.6 Å². The Bertz CT molecular complexity index is 1230. The van der Waals surface area contributed by atoms with Crippen molar-refractivity contribution in [3.05, 3.63) is 97.3 Å². The fraction of sp³-hybridized carbons (Fsp3) is 0. The highest BCUT2D eigenvalue weighted by molar-refractivity contribution is 5.85. The highest BCUT2D eigenvalue weighted by Crippen LogP contribution is 2.24. The van der Waals surface area contributed by atoms with Gasteiger partial charge in [-0.05, 0) is 23.6 Å². The fourth-order valence-corrected chi connectivity index (χ4v) is 3.18. The minimum atomic E-state index is 0.852. The van der Waals surface area contributed by atoms with Gasteiger partial charge >= 0.3 is 0 Å². The normalized spacial score (nSPS) is 11.0. The number of rotatable bonds is 3. The van der Waals surface area contributed by atoms with Crippen molar-refractivity contribution in [2.75, 3.05) is 0 Å². The third-order valence-electron chi connectivity index (χ3n) is 4.60. The summed E-state index contributed by atoms with van der Waals surface area (Å²) in [6.07, 6.45) is 3.86. The summed E-state index contributed by atoms with van der Waals surface area (Å²) >= 11 is 0. The van der Waals surface area contributed by atoms with Crippen molar-refractivity contribution in [2.45, 2.75) is 0 Å². The molecule has 0 aliphatic rings. The Morgan fingerprint density at radius 3 is 2.30 bits per heavy atom. The molecular formula is C23H16N4. The number of benzene rings is 3. The number of aromatic nitrogens is 4. The topological polar surface area (TPSA) is 43.6 Å². The van der Waals surface area contributed by atoms with Crippen LogP contribution in [0, 0.1) is 0 Å². The Hall–Kier alpha value is -3.79. The van der Waals surface area contributed by atoms with Crippen LogP contribution in [0.1, 0.15) is 0 Å². The second-order valence-electron chi connectivity index (χ2n) is 6.38. The average Bonchev–Trinajstić information content (AvgIpc) is 3.25. The van der Waals surface area contributed by atoms with Crippen LogP contribution in [-0.2, 0) is 0 Å². The third kappa shape index (κ3) is 2.98. The first-order valence-electron chi connectivity index (χ1n) is 8.80. The zero-order chi connectivity index (χ0) is 18.1. The van der Waals surface area contributed by atoms with Crippen LogP contribution in [0.2, 0.25) is 0 Å². The van der Waals surface area contributed by atoms with Gasteiger partial charge in [-0.25, -0.2) is 4.68 Å². The van der Waals surface area contributed by atoms with E-state index in [1.54, 1.807) is 4.68 Å². The summed E-state index contributed by atoms with van der Waals surface area (Å²) in [4.78, 5) is 4.62. The zero-order valence-electron chi connectivity index (χ0n) is 14.5. The molecule has 0 unspecified atom stereocenters. The van der Waals surface area contributed by atoms with Crippen LogP contribution in [0.3, 0.4) is 0 Å². The van der Waals surface area contributed by atoms with E-state index < -0.39 is 0 Å². The lowest BCUT2D eigenvalue weighted by atomic mass is 10.1. The van der Waals surface area contributed by atoms with E-state index in [-0.39, 0.29) is 0 Å². The summed E-state index contributed by atoms with van der Waals surface area (Å²) in [5, 5.41) is 10.9. The lowest BCUT2D eigenvalue weighted by Crippen LogP contribution is -1.95. The van der Waals surface area contributed by atoms with E-state index in [1.807, 2.05) is 67.0 Å². The molecule has 0 atom stereocenters. The van der Waals surface area contributed by atoms with Crippen molar-refractivity contribution < 1.29 is 0 Å².